The number of thiazole rings is 1. The average Bonchev–Trinajstić information content (AvgIpc) is 2.78. The van der Waals surface area contributed by atoms with Crippen LogP contribution in [-0.2, 0) is 0 Å². The molecule has 0 fully saturated rings. The number of nitrogens with one attached hydrogen (secondary N) is 1. The van der Waals surface area contributed by atoms with Crippen LogP contribution in [0.15, 0.2) is 22.1 Å². The summed E-state index contributed by atoms with van der Waals surface area (Å²) in [6.07, 6.45) is -9.19. The van der Waals surface area contributed by atoms with Gasteiger partial charge in [0.15, 0.2) is 0 Å². The summed E-state index contributed by atoms with van der Waals surface area (Å²) in [6, 6.07) is 2.24. The Morgan fingerprint density at radius 2 is 1.74 bits per heavy atom. The van der Waals surface area contributed by atoms with Gasteiger partial charge in [-0.3, -0.25) is 4.57 Å². The average molecular weight is 433 g/mol. The van der Waals surface area contributed by atoms with E-state index in [1.807, 2.05) is 0 Å². The highest BCUT2D eigenvalue weighted by molar-refractivity contribution is 7.99. The Kier molecular flexibility index (Phi) is 6.19. The van der Waals surface area contributed by atoms with Crippen molar-refractivity contribution < 1.29 is 30.7 Å². The Hall–Kier alpha value is -1.69. The molecule has 27 heavy (non-hydrogen) atoms. The van der Waals surface area contributed by atoms with E-state index < -0.39 is 24.0 Å². The molecule has 1 N–H and O–H groups in total. The molecular weight excluding hydrogens is 419 g/mol. The van der Waals surface area contributed by atoms with Crippen LogP contribution >= 0.6 is 23.1 Å². The zero-order chi connectivity index (χ0) is 20.6. The maximum absolute atomic E-state index is 14.5. The number of alkyl halides is 6. The second-order valence-corrected chi connectivity index (χ2v) is 7.75. The van der Waals surface area contributed by atoms with Gasteiger partial charge in [0.1, 0.15) is 5.82 Å². The molecule has 0 aliphatic heterocycles. The molecule has 0 unspecified atom stereocenters. The number of benzene rings is 1. The number of hydrogen-bond acceptors (Lipinski definition) is 4. The molecule has 1 aromatic carbocycles. The second-order valence-electron chi connectivity index (χ2n) is 5.56. The SMILES string of the molecule is Cc1cc(F)c(-n2c(C)c(C)sc2=NNC(F)(F)F)cc1SCC(F)(F)F. The van der Waals surface area contributed by atoms with Crippen molar-refractivity contribution in [3.63, 3.8) is 0 Å². The van der Waals surface area contributed by atoms with E-state index >= 15 is 0 Å². The first-order valence-corrected chi connectivity index (χ1v) is 9.15. The van der Waals surface area contributed by atoms with E-state index in [0.29, 0.717) is 27.9 Å². The number of thioether (sulfide) groups is 1. The maximum Gasteiger partial charge on any atom is 0.497 e. The maximum atomic E-state index is 14.5. The van der Waals surface area contributed by atoms with E-state index in [2.05, 4.69) is 5.10 Å². The van der Waals surface area contributed by atoms with Crippen LogP contribution in [0.1, 0.15) is 16.1 Å². The fraction of sp³-hybridized carbons (Fsp3) is 0.400. The van der Waals surface area contributed by atoms with Crippen LogP contribution in [0.25, 0.3) is 5.69 Å². The van der Waals surface area contributed by atoms with E-state index in [0.717, 1.165) is 27.4 Å². The molecule has 3 nitrogen and oxygen atoms in total. The standard InChI is InChI=1S/C15H14F7N3S2/c1-7-4-10(16)11(5-12(7)26-6-14(17,18)19)25-8(2)9(3)27-13(25)23-24-15(20,21)22/h4-5,24H,6H2,1-3H3. The largest absolute Gasteiger partial charge is 0.497 e. The molecule has 0 aliphatic carbocycles. The molecule has 0 bridgehead atoms. The normalized spacial score (nSPS) is 13.3. The lowest BCUT2D eigenvalue weighted by Gasteiger charge is -2.14. The summed E-state index contributed by atoms with van der Waals surface area (Å²) >= 11 is 1.37. The van der Waals surface area contributed by atoms with E-state index in [1.54, 1.807) is 13.8 Å². The number of hydrogen-bond donors (Lipinski definition) is 1. The molecule has 1 heterocycles. The van der Waals surface area contributed by atoms with Crippen LogP contribution in [0.3, 0.4) is 0 Å². The first-order valence-electron chi connectivity index (χ1n) is 7.35. The summed E-state index contributed by atoms with van der Waals surface area (Å²) in [7, 11) is 0. The van der Waals surface area contributed by atoms with Crippen molar-refractivity contribution in [3.8, 4) is 5.69 Å². The predicted octanol–water partition coefficient (Wildman–Crippen LogP) is 5.18. The molecule has 2 aromatic rings. The zero-order valence-corrected chi connectivity index (χ0v) is 15.9. The summed E-state index contributed by atoms with van der Waals surface area (Å²) in [5, 5.41) is 3.27. The van der Waals surface area contributed by atoms with Crippen molar-refractivity contribution in [2.24, 2.45) is 5.10 Å². The van der Waals surface area contributed by atoms with Gasteiger partial charge in [-0.05, 0) is 38.5 Å². The topological polar surface area (TPSA) is 29.3 Å². The van der Waals surface area contributed by atoms with Gasteiger partial charge < -0.3 is 0 Å². The first-order chi connectivity index (χ1) is 12.3. The lowest BCUT2D eigenvalue weighted by Crippen LogP contribution is -2.30. The number of rotatable bonds is 4. The molecule has 150 valence electrons. The van der Waals surface area contributed by atoms with Gasteiger partial charge in [0, 0.05) is 15.5 Å². The van der Waals surface area contributed by atoms with Gasteiger partial charge in [-0.2, -0.15) is 13.2 Å². The Balaban J connectivity index is 2.58. The quantitative estimate of drug-likeness (QED) is 0.312. The molecule has 0 aliphatic rings. The van der Waals surface area contributed by atoms with Gasteiger partial charge in [-0.25, -0.2) is 9.82 Å². The summed E-state index contributed by atoms with van der Waals surface area (Å²) in [5.41, 5.74) is 1.57. The van der Waals surface area contributed by atoms with Crippen LogP contribution in [0.4, 0.5) is 30.7 Å². The Morgan fingerprint density at radius 1 is 1.11 bits per heavy atom. The fourth-order valence-electron chi connectivity index (χ4n) is 2.15. The summed E-state index contributed by atoms with van der Waals surface area (Å²) < 4.78 is 90.3. The zero-order valence-electron chi connectivity index (χ0n) is 14.2. The highest BCUT2D eigenvalue weighted by Crippen LogP contribution is 2.32. The van der Waals surface area contributed by atoms with Crippen molar-refractivity contribution in [1.82, 2.24) is 9.99 Å². The molecule has 0 radical (unpaired) electrons. The van der Waals surface area contributed by atoms with Crippen molar-refractivity contribution >= 4 is 23.1 Å². The molecule has 0 saturated carbocycles. The molecule has 0 spiro atoms. The van der Waals surface area contributed by atoms with Crippen molar-refractivity contribution in [1.29, 1.82) is 0 Å². The number of aromatic nitrogens is 1. The van der Waals surface area contributed by atoms with E-state index in [-0.39, 0.29) is 15.4 Å². The molecule has 0 amide bonds. The van der Waals surface area contributed by atoms with Crippen molar-refractivity contribution in [2.45, 2.75) is 38.1 Å². The molecule has 2 rings (SSSR count). The van der Waals surface area contributed by atoms with E-state index in [4.69, 9.17) is 0 Å². The summed E-state index contributed by atoms with van der Waals surface area (Å²) in [5.74, 6) is -1.95. The number of nitrogens with zero attached hydrogens (tertiary/aromatic N) is 2. The Labute approximate surface area is 157 Å². The smallest absolute Gasteiger partial charge is 0.285 e. The predicted molar refractivity (Wildman–Crippen MR) is 89.3 cm³/mol. The summed E-state index contributed by atoms with van der Waals surface area (Å²) in [6.45, 7) is 4.63. The minimum absolute atomic E-state index is 0.171. The third kappa shape index (κ3) is 5.64. The van der Waals surface area contributed by atoms with Crippen molar-refractivity contribution in [3.05, 3.63) is 38.9 Å². The van der Waals surface area contributed by atoms with Gasteiger partial charge in [0.05, 0.1) is 11.4 Å². The molecular formula is C15H14F7N3S2. The van der Waals surface area contributed by atoms with Crippen LogP contribution in [-0.4, -0.2) is 22.8 Å². The lowest BCUT2D eigenvalue weighted by atomic mass is 10.2. The van der Waals surface area contributed by atoms with Gasteiger partial charge in [0.25, 0.3) is 0 Å². The van der Waals surface area contributed by atoms with Gasteiger partial charge in [-0.1, -0.05) is 11.3 Å². The third-order valence-electron chi connectivity index (χ3n) is 3.44. The van der Waals surface area contributed by atoms with Gasteiger partial charge in [0.2, 0.25) is 4.80 Å². The van der Waals surface area contributed by atoms with Gasteiger partial charge >= 0.3 is 12.5 Å². The second kappa shape index (κ2) is 7.74. The molecule has 0 atom stereocenters. The third-order valence-corrected chi connectivity index (χ3v) is 5.72. The van der Waals surface area contributed by atoms with E-state index in [9.17, 15) is 30.7 Å². The van der Waals surface area contributed by atoms with Crippen LogP contribution in [0, 0.1) is 26.6 Å². The Bertz CT molecular complexity index is 895. The van der Waals surface area contributed by atoms with E-state index in [1.165, 1.54) is 13.0 Å². The molecule has 0 saturated heterocycles. The Morgan fingerprint density at radius 3 is 2.30 bits per heavy atom. The van der Waals surface area contributed by atoms with Crippen LogP contribution in [0.2, 0.25) is 0 Å². The molecule has 1 aromatic heterocycles. The monoisotopic (exact) mass is 433 g/mol. The minimum atomic E-state index is -4.77. The highest BCUT2D eigenvalue weighted by Gasteiger charge is 2.28. The number of aryl methyl sites for hydroxylation is 2. The lowest BCUT2D eigenvalue weighted by molar-refractivity contribution is -0.157. The van der Waals surface area contributed by atoms with Gasteiger partial charge in [-0.15, -0.1) is 30.0 Å². The highest BCUT2D eigenvalue weighted by atomic mass is 32.2. The minimum Gasteiger partial charge on any atom is -0.285 e. The van der Waals surface area contributed by atoms with Crippen LogP contribution in [0.5, 0.6) is 0 Å². The van der Waals surface area contributed by atoms with Crippen molar-refractivity contribution in [2.75, 3.05) is 5.75 Å². The van der Waals surface area contributed by atoms with Crippen LogP contribution < -0.4 is 10.2 Å². The molecule has 12 heteroatoms. The first kappa shape index (κ1) is 21.6. The number of halogens is 7. The fourth-order valence-corrected chi connectivity index (χ4v) is 3.89. The summed E-state index contributed by atoms with van der Waals surface area (Å²) in [4.78, 5) is 0.577.